The van der Waals surface area contributed by atoms with Crippen LogP contribution in [-0.4, -0.2) is 20.3 Å². The molecule has 0 bridgehead atoms. The molecule has 1 N–H and O–H groups in total. The van der Waals surface area contributed by atoms with E-state index in [1.807, 2.05) is 0 Å². The minimum Gasteiger partial charge on any atom is -0.309 e. The average molecular weight is 445 g/mol. The van der Waals surface area contributed by atoms with Crippen molar-refractivity contribution >= 4 is 34.9 Å². The number of anilines is 1. The first kappa shape index (κ1) is 20.9. The number of pyridine rings is 1. The van der Waals surface area contributed by atoms with Gasteiger partial charge in [-0.3, -0.25) is 9.59 Å². The van der Waals surface area contributed by atoms with E-state index >= 15 is 0 Å². The Balaban J connectivity index is 1.76. The molecule has 0 aliphatic heterocycles. The molecular weight excluding hydrogens is 432 g/mol. The predicted octanol–water partition coefficient (Wildman–Crippen LogP) is 4.06. The molecule has 0 aliphatic carbocycles. The van der Waals surface area contributed by atoms with Gasteiger partial charge in [-0.2, -0.15) is 18.3 Å². The van der Waals surface area contributed by atoms with Gasteiger partial charge in [-0.1, -0.05) is 35.3 Å². The summed E-state index contributed by atoms with van der Waals surface area (Å²) in [4.78, 5) is 24.3. The molecule has 3 rings (SSSR count). The van der Waals surface area contributed by atoms with E-state index in [0.717, 1.165) is 5.56 Å². The normalized spacial score (nSPS) is 11.5. The molecule has 1 amide bonds. The Morgan fingerprint density at radius 3 is 2.48 bits per heavy atom. The maximum Gasteiger partial charge on any atom is 0.417 e. The van der Waals surface area contributed by atoms with Crippen LogP contribution in [0.4, 0.5) is 19.0 Å². The molecule has 2 aromatic heterocycles. The molecule has 2 heterocycles. The molecule has 0 fully saturated rings. The van der Waals surface area contributed by atoms with E-state index in [1.54, 1.807) is 24.3 Å². The minimum atomic E-state index is -4.70. The standard InChI is InChI=1S/C18H13Cl2F3N4O2/c19-13-3-1-11(2-4-13)8-27-15(5-6-24-27)25-16(28)10-26-9-12(18(21,22)23)7-14(20)17(26)29/h1-7,9H,8,10H2,(H,25,28). The van der Waals surface area contributed by atoms with E-state index in [4.69, 9.17) is 23.2 Å². The summed E-state index contributed by atoms with van der Waals surface area (Å²) in [6.07, 6.45) is -2.69. The van der Waals surface area contributed by atoms with Gasteiger partial charge in [0.15, 0.2) is 0 Å². The summed E-state index contributed by atoms with van der Waals surface area (Å²) >= 11 is 11.4. The quantitative estimate of drug-likeness (QED) is 0.644. The second-order valence-electron chi connectivity index (χ2n) is 6.06. The summed E-state index contributed by atoms with van der Waals surface area (Å²) in [5, 5.41) is 6.58. The molecule has 3 aromatic rings. The Kier molecular flexibility index (Phi) is 5.99. The first-order valence-electron chi connectivity index (χ1n) is 8.17. The zero-order chi connectivity index (χ0) is 21.2. The molecule has 0 atom stereocenters. The Bertz CT molecular complexity index is 1090. The fraction of sp³-hybridized carbons (Fsp3) is 0.167. The van der Waals surface area contributed by atoms with Crippen molar-refractivity contribution in [3.05, 3.63) is 80.3 Å². The molecular formula is C18H13Cl2F3N4O2. The first-order valence-corrected chi connectivity index (χ1v) is 8.92. The Hall–Kier alpha value is -2.78. The highest BCUT2D eigenvalue weighted by molar-refractivity contribution is 6.30. The highest BCUT2D eigenvalue weighted by Gasteiger charge is 2.32. The molecule has 0 radical (unpaired) electrons. The monoisotopic (exact) mass is 444 g/mol. The number of amides is 1. The zero-order valence-electron chi connectivity index (χ0n) is 14.6. The maximum atomic E-state index is 12.9. The molecule has 0 saturated carbocycles. The number of carbonyl (C=O) groups is 1. The highest BCUT2D eigenvalue weighted by atomic mass is 35.5. The molecule has 0 saturated heterocycles. The van der Waals surface area contributed by atoms with E-state index in [9.17, 15) is 22.8 Å². The largest absolute Gasteiger partial charge is 0.417 e. The predicted molar refractivity (Wildman–Crippen MR) is 102 cm³/mol. The lowest BCUT2D eigenvalue weighted by Gasteiger charge is -2.13. The number of alkyl halides is 3. The van der Waals surface area contributed by atoms with Crippen LogP contribution in [0.3, 0.4) is 0 Å². The van der Waals surface area contributed by atoms with Crippen molar-refractivity contribution in [3.8, 4) is 0 Å². The molecule has 6 nitrogen and oxygen atoms in total. The zero-order valence-corrected chi connectivity index (χ0v) is 16.1. The van der Waals surface area contributed by atoms with Gasteiger partial charge in [-0.15, -0.1) is 0 Å². The van der Waals surface area contributed by atoms with E-state index < -0.39 is 34.8 Å². The van der Waals surface area contributed by atoms with Gasteiger partial charge in [0.05, 0.1) is 18.3 Å². The van der Waals surface area contributed by atoms with Crippen LogP contribution in [0, 0.1) is 0 Å². The van der Waals surface area contributed by atoms with Gasteiger partial charge < -0.3 is 9.88 Å². The fourth-order valence-electron chi connectivity index (χ4n) is 2.54. The molecule has 0 spiro atoms. The maximum absolute atomic E-state index is 12.9. The van der Waals surface area contributed by atoms with Crippen molar-refractivity contribution < 1.29 is 18.0 Å². The van der Waals surface area contributed by atoms with E-state index in [1.165, 1.54) is 16.9 Å². The van der Waals surface area contributed by atoms with Gasteiger partial charge in [-0.05, 0) is 23.8 Å². The Morgan fingerprint density at radius 2 is 1.83 bits per heavy atom. The number of hydrogen-bond acceptors (Lipinski definition) is 3. The number of halogens is 5. The Morgan fingerprint density at radius 1 is 1.14 bits per heavy atom. The van der Waals surface area contributed by atoms with Gasteiger partial charge in [-0.25, -0.2) is 4.68 Å². The van der Waals surface area contributed by atoms with Gasteiger partial charge in [0.2, 0.25) is 5.91 Å². The SMILES string of the molecule is O=C(Cn1cc(C(F)(F)F)cc(Cl)c1=O)Nc1ccnn1Cc1ccc(Cl)cc1. The van der Waals surface area contributed by atoms with Crippen molar-refractivity contribution in [1.82, 2.24) is 14.3 Å². The van der Waals surface area contributed by atoms with Gasteiger partial charge in [0.1, 0.15) is 17.4 Å². The summed E-state index contributed by atoms with van der Waals surface area (Å²) in [6, 6.07) is 9.06. The molecule has 29 heavy (non-hydrogen) atoms. The smallest absolute Gasteiger partial charge is 0.309 e. The van der Waals surface area contributed by atoms with Gasteiger partial charge >= 0.3 is 6.18 Å². The summed E-state index contributed by atoms with van der Waals surface area (Å²) in [5.41, 5.74) is -1.15. The van der Waals surface area contributed by atoms with Gasteiger partial charge in [0, 0.05) is 17.3 Å². The van der Waals surface area contributed by atoms with E-state index in [-0.39, 0.29) is 0 Å². The topological polar surface area (TPSA) is 68.9 Å². The molecule has 0 aliphatic rings. The van der Waals surface area contributed by atoms with Crippen LogP contribution < -0.4 is 10.9 Å². The van der Waals surface area contributed by atoms with E-state index in [0.29, 0.717) is 34.2 Å². The lowest BCUT2D eigenvalue weighted by Crippen LogP contribution is -2.29. The third kappa shape index (κ3) is 5.18. The molecule has 0 unspecified atom stereocenters. The summed E-state index contributed by atoms with van der Waals surface area (Å²) < 4.78 is 40.8. The summed E-state index contributed by atoms with van der Waals surface area (Å²) in [6.45, 7) is -0.316. The van der Waals surface area contributed by atoms with Crippen LogP contribution in [0.15, 0.2) is 53.6 Å². The van der Waals surface area contributed by atoms with Crippen LogP contribution in [0.1, 0.15) is 11.1 Å². The van der Waals surface area contributed by atoms with Crippen molar-refractivity contribution in [3.63, 3.8) is 0 Å². The van der Waals surface area contributed by atoms with Crippen LogP contribution >= 0.6 is 23.2 Å². The van der Waals surface area contributed by atoms with Gasteiger partial charge in [0.25, 0.3) is 5.56 Å². The second kappa shape index (κ2) is 8.30. The number of nitrogens with zero attached hydrogens (tertiary/aromatic N) is 3. The van der Waals surface area contributed by atoms with Crippen molar-refractivity contribution in [2.24, 2.45) is 0 Å². The minimum absolute atomic E-state index is 0.316. The van der Waals surface area contributed by atoms with Crippen molar-refractivity contribution in [2.75, 3.05) is 5.32 Å². The van der Waals surface area contributed by atoms with Crippen LogP contribution in [0.25, 0.3) is 0 Å². The molecule has 152 valence electrons. The van der Waals surface area contributed by atoms with Crippen LogP contribution in [-0.2, 0) is 24.1 Å². The summed E-state index contributed by atoms with van der Waals surface area (Å²) in [5.74, 6) is -0.392. The molecule has 11 heteroatoms. The number of carbonyl (C=O) groups excluding carboxylic acids is 1. The van der Waals surface area contributed by atoms with E-state index in [2.05, 4.69) is 10.4 Å². The van der Waals surface area contributed by atoms with Crippen LogP contribution in [0.5, 0.6) is 0 Å². The lowest BCUT2D eigenvalue weighted by atomic mass is 10.2. The first-order chi connectivity index (χ1) is 13.6. The highest BCUT2D eigenvalue weighted by Crippen LogP contribution is 2.29. The third-order valence-corrected chi connectivity index (χ3v) is 4.44. The number of nitrogens with one attached hydrogen (secondary N) is 1. The molecule has 1 aromatic carbocycles. The number of hydrogen-bond donors (Lipinski definition) is 1. The van der Waals surface area contributed by atoms with Crippen LogP contribution in [0.2, 0.25) is 10.0 Å². The fourth-order valence-corrected chi connectivity index (χ4v) is 2.89. The summed E-state index contributed by atoms with van der Waals surface area (Å²) in [7, 11) is 0. The lowest BCUT2D eigenvalue weighted by molar-refractivity contribution is -0.138. The Labute approximate surface area is 172 Å². The second-order valence-corrected chi connectivity index (χ2v) is 6.90. The average Bonchev–Trinajstić information content (AvgIpc) is 3.06. The third-order valence-electron chi connectivity index (χ3n) is 3.91. The van der Waals surface area contributed by atoms with Crippen molar-refractivity contribution in [1.29, 1.82) is 0 Å². The van der Waals surface area contributed by atoms with Crippen molar-refractivity contribution in [2.45, 2.75) is 19.3 Å². The number of benzene rings is 1. The number of rotatable bonds is 5. The number of aromatic nitrogens is 3.